The number of thioether (sulfide) groups is 1. The molecular weight excluding hydrogens is 152 g/mol. The van der Waals surface area contributed by atoms with Gasteiger partial charge in [-0.05, 0) is 30.6 Å². The van der Waals surface area contributed by atoms with E-state index in [4.69, 9.17) is 0 Å². The summed E-state index contributed by atoms with van der Waals surface area (Å²) >= 11 is 2.04. The van der Waals surface area contributed by atoms with Crippen LogP contribution >= 0.6 is 11.8 Å². The third kappa shape index (κ3) is 2.26. The Hall–Kier alpha value is 0.0900. The van der Waals surface area contributed by atoms with E-state index in [1.165, 1.54) is 6.42 Å². The van der Waals surface area contributed by atoms with E-state index in [0.717, 1.165) is 0 Å². The van der Waals surface area contributed by atoms with Crippen molar-refractivity contribution in [2.45, 2.75) is 45.8 Å². The highest BCUT2D eigenvalue weighted by Crippen LogP contribution is 2.49. The summed E-state index contributed by atoms with van der Waals surface area (Å²) in [6.45, 7) is 11.6. The van der Waals surface area contributed by atoms with E-state index in [1.807, 2.05) is 11.8 Å². The van der Waals surface area contributed by atoms with Crippen LogP contribution in [0.3, 0.4) is 0 Å². The van der Waals surface area contributed by atoms with Crippen LogP contribution in [0, 0.1) is 5.41 Å². The van der Waals surface area contributed by atoms with E-state index in [2.05, 4.69) is 40.7 Å². The van der Waals surface area contributed by atoms with E-state index < -0.39 is 0 Å². The maximum absolute atomic E-state index is 2.33. The van der Waals surface area contributed by atoms with Gasteiger partial charge in [-0.25, -0.2) is 0 Å². The van der Waals surface area contributed by atoms with Crippen LogP contribution in [0.1, 0.15) is 41.0 Å². The minimum Gasteiger partial charge on any atom is -0.124 e. The molecule has 0 spiro atoms. The maximum Gasteiger partial charge on any atom is 0.0196 e. The summed E-state index contributed by atoms with van der Waals surface area (Å²) in [6.07, 6.45) is 3.54. The Labute approximate surface area is 74.5 Å². The predicted molar refractivity (Wildman–Crippen MR) is 53.8 cm³/mol. The van der Waals surface area contributed by atoms with Crippen LogP contribution in [0.4, 0.5) is 0 Å². The average molecular weight is 170 g/mol. The van der Waals surface area contributed by atoms with Gasteiger partial charge >= 0.3 is 0 Å². The van der Waals surface area contributed by atoms with Gasteiger partial charge in [0.1, 0.15) is 0 Å². The summed E-state index contributed by atoms with van der Waals surface area (Å²) in [5.41, 5.74) is 0.390. The van der Waals surface area contributed by atoms with Gasteiger partial charge < -0.3 is 0 Å². The van der Waals surface area contributed by atoms with E-state index in [1.54, 1.807) is 4.91 Å². The van der Waals surface area contributed by atoms with Crippen LogP contribution in [-0.2, 0) is 0 Å². The molecule has 0 saturated heterocycles. The summed E-state index contributed by atoms with van der Waals surface area (Å²) in [4.78, 5) is 1.57. The van der Waals surface area contributed by atoms with Crippen molar-refractivity contribution in [3.05, 3.63) is 11.0 Å². The van der Waals surface area contributed by atoms with Crippen LogP contribution in [-0.4, -0.2) is 4.75 Å². The van der Waals surface area contributed by atoms with Crippen molar-refractivity contribution in [1.29, 1.82) is 0 Å². The molecule has 0 aromatic heterocycles. The SMILES string of the molecule is CC(C)(C)C(C)(C)SC1=CC1. The van der Waals surface area contributed by atoms with Gasteiger partial charge in [0.05, 0.1) is 0 Å². The zero-order valence-corrected chi connectivity index (χ0v) is 9.01. The predicted octanol–water partition coefficient (Wildman–Crippen LogP) is 3.83. The lowest BCUT2D eigenvalue weighted by Gasteiger charge is -2.37. The normalized spacial score (nSPS) is 18.1. The molecule has 1 aliphatic rings. The van der Waals surface area contributed by atoms with E-state index >= 15 is 0 Å². The van der Waals surface area contributed by atoms with Crippen LogP contribution in [0.15, 0.2) is 11.0 Å². The van der Waals surface area contributed by atoms with E-state index in [-0.39, 0.29) is 0 Å². The molecule has 0 atom stereocenters. The van der Waals surface area contributed by atoms with E-state index in [9.17, 15) is 0 Å². The first-order valence-corrected chi connectivity index (χ1v) is 5.03. The Balaban J connectivity index is 2.56. The van der Waals surface area contributed by atoms with Crippen molar-refractivity contribution in [2.75, 3.05) is 0 Å². The van der Waals surface area contributed by atoms with Gasteiger partial charge in [0.25, 0.3) is 0 Å². The Bertz CT molecular complexity index is 182. The summed E-state index contributed by atoms with van der Waals surface area (Å²) in [5.74, 6) is 0. The zero-order valence-electron chi connectivity index (χ0n) is 8.19. The molecule has 1 rings (SSSR count). The van der Waals surface area contributed by atoms with Crippen LogP contribution in [0.25, 0.3) is 0 Å². The number of rotatable bonds is 2. The van der Waals surface area contributed by atoms with Crippen LogP contribution in [0.2, 0.25) is 0 Å². The topological polar surface area (TPSA) is 0 Å². The average Bonchev–Trinajstić information content (AvgIpc) is 2.45. The Kier molecular flexibility index (Phi) is 2.13. The lowest BCUT2D eigenvalue weighted by molar-refractivity contribution is 0.320. The standard InChI is InChI=1S/C10H18S/c1-9(2,3)10(4,5)11-8-6-7-8/h6H,7H2,1-5H3. The largest absolute Gasteiger partial charge is 0.124 e. The molecule has 0 aromatic carbocycles. The Morgan fingerprint density at radius 1 is 1.18 bits per heavy atom. The van der Waals surface area contributed by atoms with Crippen molar-refractivity contribution < 1.29 is 0 Å². The maximum atomic E-state index is 2.33. The lowest BCUT2D eigenvalue weighted by Crippen LogP contribution is -2.32. The molecule has 0 saturated carbocycles. The van der Waals surface area contributed by atoms with Crippen LogP contribution < -0.4 is 0 Å². The molecule has 11 heavy (non-hydrogen) atoms. The first kappa shape index (κ1) is 9.18. The third-order valence-electron chi connectivity index (χ3n) is 2.56. The fourth-order valence-electron chi connectivity index (χ4n) is 0.606. The Morgan fingerprint density at radius 2 is 1.64 bits per heavy atom. The third-order valence-corrected chi connectivity index (χ3v) is 4.28. The molecule has 0 aliphatic heterocycles. The highest BCUT2D eigenvalue weighted by molar-refractivity contribution is 8.04. The summed E-state index contributed by atoms with van der Waals surface area (Å²) < 4.78 is 0.370. The monoisotopic (exact) mass is 170 g/mol. The fourth-order valence-corrected chi connectivity index (χ4v) is 1.82. The molecule has 1 aliphatic carbocycles. The molecule has 0 bridgehead atoms. The highest BCUT2D eigenvalue weighted by atomic mass is 32.2. The van der Waals surface area contributed by atoms with Gasteiger partial charge in [-0.2, -0.15) is 0 Å². The van der Waals surface area contributed by atoms with Gasteiger partial charge in [0, 0.05) is 4.75 Å². The van der Waals surface area contributed by atoms with Gasteiger partial charge in [-0.3, -0.25) is 0 Å². The molecule has 0 nitrogen and oxygen atoms in total. The summed E-state index contributed by atoms with van der Waals surface area (Å²) in [6, 6.07) is 0. The molecule has 0 N–H and O–H groups in total. The fraction of sp³-hybridized carbons (Fsp3) is 0.800. The molecule has 1 heteroatoms. The lowest BCUT2D eigenvalue weighted by atomic mass is 9.83. The smallest absolute Gasteiger partial charge is 0.0196 e. The number of allylic oxidation sites excluding steroid dienone is 2. The second kappa shape index (κ2) is 2.55. The number of hydrogen-bond donors (Lipinski definition) is 0. The summed E-state index contributed by atoms with van der Waals surface area (Å²) in [7, 11) is 0. The van der Waals surface area contributed by atoms with Gasteiger partial charge in [0.2, 0.25) is 0 Å². The van der Waals surface area contributed by atoms with Gasteiger partial charge in [0.15, 0.2) is 0 Å². The first-order chi connectivity index (χ1) is 4.83. The van der Waals surface area contributed by atoms with Gasteiger partial charge in [-0.1, -0.05) is 26.8 Å². The molecule has 0 unspecified atom stereocenters. The molecular formula is C10H18S. The molecule has 0 amide bonds. The van der Waals surface area contributed by atoms with Crippen LogP contribution in [0.5, 0.6) is 0 Å². The molecule has 0 heterocycles. The Morgan fingerprint density at radius 3 is 1.91 bits per heavy atom. The highest BCUT2D eigenvalue weighted by Gasteiger charge is 2.35. The minimum atomic E-state index is 0.370. The molecule has 64 valence electrons. The quantitative estimate of drug-likeness (QED) is 0.607. The number of hydrogen-bond acceptors (Lipinski definition) is 1. The summed E-state index contributed by atoms with van der Waals surface area (Å²) in [5, 5.41) is 0. The van der Waals surface area contributed by atoms with Crippen molar-refractivity contribution in [2.24, 2.45) is 5.41 Å². The second-order valence-corrected chi connectivity index (χ2v) is 6.49. The van der Waals surface area contributed by atoms with Gasteiger partial charge in [-0.15, -0.1) is 11.8 Å². The van der Waals surface area contributed by atoms with Crippen molar-refractivity contribution in [3.8, 4) is 0 Å². The van der Waals surface area contributed by atoms with Crippen molar-refractivity contribution in [1.82, 2.24) is 0 Å². The molecule has 0 aromatic rings. The van der Waals surface area contributed by atoms with Crippen molar-refractivity contribution in [3.63, 3.8) is 0 Å². The molecule has 0 radical (unpaired) electrons. The van der Waals surface area contributed by atoms with E-state index in [0.29, 0.717) is 10.2 Å². The first-order valence-electron chi connectivity index (χ1n) is 4.21. The zero-order chi connectivity index (χ0) is 8.70. The molecule has 0 fully saturated rings. The van der Waals surface area contributed by atoms with Crippen molar-refractivity contribution >= 4 is 11.8 Å². The second-order valence-electron chi connectivity index (χ2n) is 4.74. The minimum absolute atomic E-state index is 0.370.